The fourth-order valence-corrected chi connectivity index (χ4v) is 2.70. The van der Waals surface area contributed by atoms with Gasteiger partial charge in [0.05, 0.1) is 0 Å². The van der Waals surface area contributed by atoms with Gasteiger partial charge >= 0.3 is 0 Å². The molecule has 3 heteroatoms. The van der Waals surface area contributed by atoms with Crippen molar-refractivity contribution in [3.05, 3.63) is 28.8 Å². The SMILES string of the molecule is CCCCN(c1ccc(CNC(C)(C)C)c(Cl)c1)C1CC1. The van der Waals surface area contributed by atoms with E-state index in [1.165, 1.54) is 36.9 Å². The third-order valence-electron chi connectivity index (χ3n) is 3.92. The summed E-state index contributed by atoms with van der Waals surface area (Å²) in [5.74, 6) is 0. The Balaban J connectivity index is 2.06. The van der Waals surface area contributed by atoms with Crippen LogP contribution in [0.25, 0.3) is 0 Å². The maximum absolute atomic E-state index is 6.49. The summed E-state index contributed by atoms with van der Waals surface area (Å²) < 4.78 is 0. The molecule has 2 rings (SSSR count). The van der Waals surface area contributed by atoms with Gasteiger partial charge in [-0.1, -0.05) is 31.0 Å². The monoisotopic (exact) mass is 308 g/mol. The molecule has 0 unspecified atom stereocenters. The first-order chi connectivity index (χ1) is 9.90. The summed E-state index contributed by atoms with van der Waals surface area (Å²) in [6, 6.07) is 7.30. The number of nitrogens with zero attached hydrogens (tertiary/aromatic N) is 1. The van der Waals surface area contributed by atoms with Crippen molar-refractivity contribution < 1.29 is 0 Å². The fourth-order valence-electron chi connectivity index (χ4n) is 2.46. The molecule has 1 aliphatic rings. The van der Waals surface area contributed by atoms with E-state index in [4.69, 9.17) is 11.6 Å². The van der Waals surface area contributed by atoms with Crippen LogP contribution in [0.2, 0.25) is 5.02 Å². The minimum Gasteiger partial charge on any atom is -0.369 e. The summed E-state index contributed by atoms with van der Waals surface area (Å²) in [6.45, 7) is 10.7. The largest absolute Gasteiger partial charge is 0.369 e. The Hall–Kier alpha value is -0.730. The summed E-state index contributed by atoms with van der Waals surface area (Å²) in [6.07, 6.45) is 5.15. The molecule has 0 aliphatic heterocycles. The van der Waals surface area contributed by atoms with Gasteiger partial charge in [0.25, 0.3) is 0 Å². The highest BCUT2D eigenvalue weighted by Crippen LogP contribution is 2.34. The minimum absolute atomic E-state index is 0.114. The lowest BCUT2D eigenvalue weighted by Gasteiger charge is -2.26. The standard InChI is InChI=1S/C18H29ClN2/c1-5-6-11-21(15-9-10-15)16-8-7-14(17(19)12-16)13-20-18(2,3)4/h7-8,12,15,20H,5-6,9-11,13H2,1-4H3. The molecule has 1 aromatic carbocycles. The average molecular weight is 309 g/mol. The first kappa shape index (κ1) is 16.6. The van der Waals surface area contributed by atoms with Gasteiger partial charge in [0.2, 0.25) is 0 Å². The van der Waals surface area contributed by atoms with Gasteiger partial charge in [-0.2, -0.15) is 0 Å². The van der Waals surface area contributed by atoms with Gasteiger partial charge in [-0.3, -0.25) is 0 Å². The van der Waals surface area contributed by atoms with Crippen molar-refractivity contribution in [2.75, 3.05) is 11.4 Å². The van der Waals surface area contributed by atoms with Crippen LogP contribution in [-0.4, -0.2) is 18.1 Å². The van der Waals surface area contributed by atoms with Crippen molar-refractivity contribution in [2.24, 2.45) is 0 Å². The second-order valence-corrected chi connectivity index (χ2v) is 7.56. The van der Waals surface area contributed by atoms with Crippen molar-refractivity contribution in [3.63, 3.8) is 0 Å². The zero-order valence-electron chi connectivity index (χ0n) is 13.9. The molecule has 118 valence electrons. The van der Waals surface area contributed by atoms with Gasteiger partial charge < -0.3 is 10.2 Å². The fraction of sp³-hybridized carbons (Fsp3) is 0.667. The predicted molar refractivity (Wildman–Crippen MR) is 93.3 cm³/mol. The van der Waals surface area contributed by atoms with Gasteiger partial charge in [-0.25, -0.2) is 0 Å². The topological polar surface area (TPSA) is 15.3 Å². The predicted octanol–water partition coefficient (Wildman–Crippen LogP) is 5.00. The van der Waals surface area contributed by atoms with Crippen molar-refractivity contribution in [3.8, 4) is 0 Å². The van der Waals surface area contributed by atoms with Gasteiger partial charge in [0.1, 0.15) is 0 Å². The lowest BCUT2D eigenvalue weighted by atomic mass is 10.1. The lowest BCUT2D eigenvalue weighted by Crippen LogP contribution is -2.35. The van der Waals surface area contributed by atoms with E-state index in [9.17, 15) is 0 Å². The van der Waals surface area contributed by atoms with Gasteiger partial charge in [0.15, 0.2) is 0 Å². The van der Waals surface area contributed by atoms with E-state index in [2.05, 4.69) is 56.1 Å². The number of rotatable bonds is 7. The number of hydrogen-bond acceptors (Lipinski definition) is 2. The highest BCUT2D eigenvalue weighted by Gasteiger charge is 2.29. The molecule has 0 amide bonds. The van der Waals surface area contributed by atoms with Crippen LogP contribution in [0.1, 0.15) is 58.9 Å². The normalized spacial score (nSPS) is 15.3. The summed E-state index contributed by atoms with van der Waals surface area (Å²) in [5.41, 5.74) is 2.58. The van der Waals surface area contributed by atoms with Crippen LogP contribution in [0.5, 0.6) is 0 Å². The average Bonchev–Trinajstić information content (AvgIpc) is 3.21. The summed E-state index contributed by atoms with van der Waals surface area (Å²) in [4.78, 5) is 2.54. The zero-order chi connectivity index (χ0) is 15.5. The van der Waals surface area contributed by atoms with Crippen LogP contribution in [0, 0.1) is 0 Å². The zero-order valence-corrected chi connectivity index (χ0v) is 14.6. The van der Waals surface area contributed by atoms with E-state index in [0.717, 1.165) is 24.2 Å². The molecule has 0 spiro atoms. The summed E-state index contributed by atoms with van der Waals surface area (Å²) in [5, 5.41) is 4.38. The van der Waals surface area contributed by atoms with Crippen LogP contribution >= 0.6 is 11.6 Å². The van der Waals surface area contributed by atoms with E-state index < -0.39 is 0 Å². The molecule has 1 fully saturated rings. The number of anilines is 1. The lowest BCUT2D eigenvalue weighted by molar-refractivity contribution is 0.424. The first-order valence-electron chi connectivity index (χ1n) is 8.21. The van der Waals surface area contributed by atoms with Crippen molar-refractivity contribution in [2.45, 2.75) is 71.5 Å². The van der Waals surface area contributed by atoms with Gasteiger partial charge in [-0.05, 0) is 57.7 Å². The van der Waals surface area contributed by atoms with E-state index >= 15 is 0 Å². The molecule has 1 N–H and O–H groups in total. The highest BCUT2D eigenvalue weighted by atomic mass is 35.5. The highest BCUT2D eigenvalue weighted by molar-refractivity contribution is 6.31. The molecule has 1 aromatic rings. The Morgan fingerprint density at radius 1 is 1.29 bits per heavy atom. The maximum atomic E-state index is 6.49. The number of hydrogen-bond donors (Lipinski definition) is 1. The smallest absolute Gasteiger partial charge is 0.0471 e. The number of halogens is 1. The second kappa shape index (κ2) is 7.02. The molecule has 2 nitrogen and oxygen atoms in total. The number of unbranched alkanes of at least 4 members (excludes halogenated alkanes) is 1. The van der Waals surface area contributed by atoms with E-state index in [1.807, 2.05) is 0 Å². The number of benzene rings is 1. The Morgan fingerprint density at radius 3 is 2.52 bits per heavy atom. The van der Waals surface area contributed by atoms with Crippen molar-refractivity contribution in [1.29, 1.82) is 0 Å². The minimum atomic E-state index is 0.114. The molecule has 21 heavy (non-hydrogen) atoms. The molecule has 1 saturated carbocycles. The van der Waals surface area contributed by atoms with Crippen LogP contribution in [0.4, 0.5) is 5.69 Å². The Bertz CT molecular complexity index is 461. The maximum Gasteiger partial charge on any atom is 0.0471 e. The third-order valence-corrected chi connectivity index (χ3v) is 4.27. The Labute approximate surface area is 134 Å². The summed E-state index contributed by atoms with van der Waals surface area (Å²) in [7, 11) is 0. The molecule has 0 saturated heterocycles. The van der Waals surface area contributed by atoms with Crippen molar-refractivity contribution >= 4 is 17.3 Å². The molecular formula is C18H29ClN2. The van der Waals surface area contributed by atoms with Crippen LogP contribution < -0.4 is 10.2 Å². The molecule has 0 radical (unpaired) electrons. The van der Waals surface area contributed by atoms with E-state index in [0.29, 0.717) is 0 Å². The molecule has 0 heterocycles. The van der Waals surface area contributed by atoms with Crippen molar-refractivity contribution in [1.82, 2.24) is 5.32 Å². The molecule has 0 bridgehead atoms. The quantitative estimate of drug-likeness (QED) is 0.762. The second-order valence-electron chi connectivity index (χ2n) is 7.16. The Kier molecular flexibility index (Phi) is 5.56. The van der Waals surface area contributed by atoms with Gasteiger partial charge in [0, 0.05) is 35.4 Å². The van der Waals surface area contributed by atoms with E-state index in [1.54, 1.807) is 0 Å². The van der Waals surface area contributed by atoms with Crippen LogP contribution in [0.3, 0.4) is 0 Å². The van der Waals surface area contributed by atoms with Crippen LogP contribution in [0.15, 0.2) is 18.2 Å². The van der Waals surface area contributed by atoms with Crippen LogP contribution in [-0.2, 0) is 6.54 Å². The van der Waals surface area contributed by atoms with Gasteiger partial charge in [-0.15, -0.1) is 0 Å². The molecule has 0 atom stereocenters. The first-order valence-corrected chi connectivity index (χ1v) is 8.58. The van der Waals surface area contributed by atoms with E-state index in [-0.39, 0.29) is 5.54 Å². The molecule has 1 aliphatic carbocycles. The molecule has 0 aromatic heterocycles. The summed E-state index contributed by atoms with van der Waals surface area (Å²) >= 11 is 6.49. The Morgan fingerprint density at radius 2 is 2.00 bits per heavy atom. The third kappa shape index (κ3) is 5.19. The number of nitrogens with one attached hydrogen (secondary N) is 1. The molecular weight excluding hydrogens is 280 g/mol.